The number of hydrogen-bond donors (Lipinski definition) is 0. The minimum absolute atomic E-state index is 0.0592. The van der Waals surface area contributed by atoms with Gasteiger partial charge in [-0.1, -0.05) is 0 Å². The molecular weight excluding hydrogens is 332 g/mol. The van der Waals surface area contributed by atoms with Crippen LogP contribution in [0.15, 0.2) is 10.7 Å². The van der Waals surface area contributed by atoms with Crippen LogP contribution in [-0.2, 0) is 16.1 Å². The van der Waals surface area contributed by atoms with E-state index in [0.717, 1.165) is 37.0 Å². The van der Waals surface area contributed by atoms with E-state index < -0.39 is 5.97 Å². The van der Waals surface area contributed by atoms with Crippen molar-refractivity contribution in [2.45, 2.75) is 65.0 Å². The van der Waals surface area contributed by atoms with Crippen molar-refractivity contribution in [1.29, 1.82) is 0 Å². The third-order valence-electron chi connectivity index (χ3n) is 6.63. The minimum Gasteiger partial charge on any atom is -0.464 e. The van der Waals surface area contributed by atoms with E-state index in [0.29, 0.717) is 12.4 Å². The highest BCUT2D eigenvalue weighted by Gasteiger charge is 2.55. The second kappa shape index (κ2) is 6.39. The molecule has 5 rings (SSSR count). The number of oxazole rings is 1. The molecule has 1 aromatic rings. The summed E-state index contributed by atoms with van der Waals surface area (Å²) in [6.45, 7) is 4.36. The van der Waals surface area contributed by atoms with Gasteiger partial charge in [0.05, 0.1) is 19.1 Å². The summed E-state index contributed by atoms with van der Waals surface area (Å²) in [5, 5.41) is 0. The topological polar surface area (TPSA) is 72.6 Å². The molecule has 4 fully saturated rings. The van der Waals surface area contributed by atoms with Crippen molar-refractivity contribution in [1.82, 2.24) is 9.88 Å². The first-order valence-corrected chi connectivity index (χ1v) is 9.74. The van der Waals surface area contributed by atoms with E-state index in [1.165, 1.54) is 32.6 Å². The maximum Gasteiger partial charge on any atom is 0.360 e. The van der Waals surface area contributed by atoms with Crippen LogP contribution < -0.4 is 0 Å². The van der Waals surface area contributed by atoms with Crippen LogP contribution in [0.1, 0.15) is 68.8 Å². The van der Waals surface area contributed by atoms with Gasteiger partial charge >= 0.3 is 5.97 Å². The molecule has 0 saturated heterocycles. The molecule has 0 radical (unpaired) electrons. The molecule has 0 aromatic carbocycles. The summed E-state index contributed by atoms with van der Waals surface area (Å²) in [4.78, 5) is 31.3. The van der Waals surface area contributed by atoms with E-state index >= 15 is 0 Å². The van der Waals surface area contributed by atoms with Crippen LogP contribution in [0.2, 0.25) is 0 Å². The van der Waals surface area contributed by atoms with Crippen LogP contribution in [0.5, 0.6) is 0 Å². The summed E-state index contributed by atoms with van der Waals surface area (Å²) in [7, 11) is 1.31. The summed E-state index contributed by atoms with van der Waals surface area (Å²) in [6, 6.07) is 0.0592. The van der Waals surface area contributed by atoms with Gasteiger partial charge in [0, 0.05) is 6.04 Å². The van der Waals surface area contributed by atoms with Crippen molar-refractivity contribution in [2.75, 3.05) is 7.11 Å². The van der Waals surface area contributed by atoms with Crippen LogP contribution in [-0.4, -0.2) is 34.9 Å². The minimum atomic E-state index is -0.525. The van der Waals surface area contributed by atoms with E-state index in [4.69, 9.17) is 4.42 Å². The monoisotopic (exact) mass is 360 g/mol. The first-order chi connectivity index (χ1) is 12.4. The average Bonchev–Trinajstić information content (AvgIpc) is 3.05. The Balaban J connectivity index is 1.54. The number of amides is 1. The fourth-order valence-electron chi connectivity index (χ4n) is 5.89. The smallest absolute Gasteiger partial charge is 0.360 e. The zero-order chi connectivity index (χ0) is 18.5. The third-order valence-corrected chi connectivity index (χ3v) is 6.63. The Bertz CT molecular complexity index is 673. The van der Waals surface area contributed by atoms with Crippen molar-refractivity contribution in [3.05, 3.63) is 17.8 Å². The predicted molar refractivity (Wildman–Crippen MR) is 94.1 cm³/mol. The molecule has 142 valence electrons. The third kappa shape index (κ3) is 2.93. The molecule has 4 bridgehead atoms. The van der Waals surface area contributed by atoms with Gasteiger partial charge in [-0.3, -0.25) is 4.79 Å². The van der Waals surface area contributed by atoms with E-state index in [9.17, 15) is 9.59 Å². The number of rotatable bonds is 5. The highest BCUT2D eigenvalue weighted by Crippen LogP contribution is 2.60. The van der Waals surface area contributed by atoms with Crippen molar-refractivity contribution in [2.24, 2.45) is 23.2 Å². The number of nitrogens with zero attached hydrogens (tertiary/aromatic N) is 2. The molecule has 6 nitrogen and oxygen atoms in total. The summed E-state index contributed by atoms with van der Waals surface area (Å²) >= 11 is 0. The number of ether oxygens (including phenoxy) is 1. The van der Waals surface area contributed by atoms with Crippen LogP contribution in [0, 0.1) is 23.2 Å². The lowest BCUT2D eigenvalue weighted by Crippen LogP contribution is -2.55. The van der Waals surface area contributed by atoms with Crippen molar-refractivity contribution in [3.63, 3.8) is 0 Å². The largest absolute Gasteiger partial charge is 0.464 e. The molecule has 4 aliphatic carbocycles. The fourth-order valence-corrected chi connectivity index (χ4v) is 5.89. The maximum atomic E-state index is 13.6. The molecule has 1 aromatic heterocycles. The molecule has 4 aliphatic rings. The molecule has 0 aliphatic heterocycles. The Kier molecular flexibility index (Phi) is 4.32. The molecule has 26 heavy (non-hydrogen) atoms. The molecule has 0 atom stereocenters. The quantitative estimate of drug-likeness (QED) is 0.752. The second-order valence-corrected chi connectivity index (χ2v) is 8.84. The van der Waals surface area contributed by atoms with Crippen LogP contribution in [0.3, 0.4) is 0 Å². The normalized spacial score (nSPS) is 32.1. The summed E-state index contributed by atoms with van der Waals surface area (Å²) in [5.74, 6) is 2.30. The van der Waals surface area contributed by atoms with Gasteiger partial charge in [0.15, 0.2) is 5.69 Å². The lowest BCUT2D eigenvalue weighted by molar-refractivity contribution is -0.160. The maximum absolute atomic E-state index is 13.6. The highest BCUT2D eigenvalue weighted by molar-refractivity contribution is 5.86. The van der Waals surface area contributed by atoms with Gasteiger partial charge in [-0.25, -0.2) is 9.78 Å². The zero-order valence-corrected chi connectivity index (χ0v) is 15.9. The summed E-state index contributed by atoms with van der Waals surface area (Å²) in [5.41, 5.74) is -0.0370. The first kappa shape index (κ1) is 17.6. The van der Waals surface area contributed by atoms with E-state index in [1.807, 2.05) is 18.7 Å². The Morgan fingerprint density at radius 1 is 1.23 bits per heavy atom. The number of methoxy groups -OCH3 is 1. The van der Waals surface area contributed by atoms with Crippen LogP contribution >= 0.6 is 0 Å². The number of hydrogen-bond acceptors (Lipinski definition) is 5. The number of carbonyl (C=O) groups excluding carboxylic acids is 2. The first-order valence-electron chi connectivity index (χ1n) is 9.74. The van der Waals surface area contributed by atoms with Crippen LogP contribution in [0.4, 0.5) is 0 Å². The zero-order valence-electron chi connectivity index (χ0n) is 15.9. The lowest BCUT2D eigenvalue weighted by atomic mass is 9.49. The van der Waals surface area contributed by atoms with Gasteiger partial charge in [-0.2, -0.15) is 0 Å². The van der Waals surface area contributed by atoms with E-state index in [1.54, 1.807) is 0 Å². The van der Waals surface area contributed by atoms with Gasteiger partial charge in [-0.05, 0) is 70.1 Å². The molecule has 1 amide bonds. The standard InChI is InChI=1S/C20H28N2O4/c1-12(2)22(10-17-21-16(11-26-17)18(23)25-3)19(24)20-7-13-4-14(8-20)6-15(5-13)9-20/h11-15H,4-10H2,1-3H3. The molecule has 4 saturated carbocycles. The Labute approximate surface area is 154 Å². The van der Waals surface area contributed by atoms with Crippen molar-refractivity contribution >= 4 is 11.9 Å². The van der Waals surface area contributed by atoms with Gasteiger partial charge in [0.1, 0.15) is 6.26 Å². The van der Waals surface area contributed by atoms with E-state index in [-0.39, 0.29) is 23.1 Å². The second-order valence-electron chi connectivity index (χ2n) is 8.84. The molecule has 0 N–H and O–H groups in total. The molecule has 6 heteroatoms. The Hall–Kier alpha value is -1.85. The van der Waals surface area contributed by atoms with Crippen LogP contribution in [0.25, 0.3) is 0 Å². The van der Waals surface area contributed by atoms with Gasteiger partial charge < -0.3 is 14.1 Å². The summed E-state index contributed by atoms with van der Waals surface area (Å²) < 4.78 is 10.1. The summed E-state index contributed by atoms with van der Waals surface area (Å²) in [6.07, 6.45) is 8.37. The predicted octanol–water partition coefficient (Wildman–Crippen LogP) is 3.41. The fraction of sp³-hybridized carbons (Fsp3) is 0.750. The number of aromatic nitrogens is 1. The molecule has 1 heterocycles. The average molecular weight is 360 g/mol. The number of carbonyl (C=O) groups is 2. The number of esters is 1. The van der Waals surface area contributed by atoms with Gasteiger partial charge in [-0.15, -0.1) is 0 Å². The van der Waals surface area contributed by atoms with E-state index in [2.05, 4.69) is 9.72 Å². The van der Waals surface area contributed by atoms with Crippen molar-refractivity contribution in [3.8, 4) is 0 Å². The van der Waals surface area contributed by atoms with Gasteiger partial charge in [0.2, 0.25) is 11.8 Å². The molecule has 0 spiro atoms. The Morgan fingerprint density at radius 3 is 2.31 bits per heavy atom. The van der Waals surface area contributed by atoms with Crippen molar-refractivity contribution < 1.29 is 18.7 Å². The molecule has 0 unspecified atom stereocenters. The van der Waals surface area contributed by atoms with Gasteiger partial charge in [0.25, 0.3) is 0 Å². The highest BCUT2D eigenvalue weighted by atomic mass is 16.5. The Morgan fingerprint density at radius 2 is 1.81 bits per heavy atom. The SMILES string of the molecule is COC(=O)c1coc(CN(C(=O)C23CC4CC(CC(C4)C2)C3)C(C)C)n1. The lowest BCUT2D eigenvalue weighted by Gasteiger charge is -2.56. The molecular formula is C20H28N2O4.